The van der Waals surface area contributed by atoms with Gasteiger partial charge in [0.15, 0.2) is 0 Å². The molecular formula is C33H48Cl2N3Ru-. The minimum absolute atomic E-state index is 0.105. The van der Waals surface area contributed by atoms with Crippen molar-refractivity contribution in [1.82, 2.24) is 0 Å². The maximum absolute atomic E-state index is 5.84. The first-order valence-electron chi connectivity index (χ1n) is 14.3. The summed E-state index contributed by atoms with van der Waals surface area (Å²) in [5.41, 5.74) is 10.9. The molecule has 39 heavy (non-hydrogen) atoms. The van der Waals surface area contributed by atoms with Crippen molar-refractivity contribution >= 4 is 41.6 Å². The number of rotatable bonds is 6. The predicted octanol–water partition coefficient (Wildman–Crippen LogP) is 9.52. The van der Waals surface area contributed by atoms with Gasteiger partial charge in [-0.05, 0) is 63.8 Å². The van der Waals surface area contributed by atoms with E-state index < -0.39 is 13.5 Å². The average molecular weight is 659 g/mol. The summed E-state index contributed by atoms with van der Waals surface area (Å²) in [7, 11) is 11.7. The van der Waals surface area contributed by atoms with Gasteiger partial charge in [0.1, 0.15) is 0 Å². The van der Waals surface area contributed by atoms with Crippen LogP contribution in [0.1, 0.15) is 85.8 Å². The smallest absolute Gasteiger partial charge is 0.0146 e. The molecule has 1 saturated heterocycles. The first-order chi connectivity index (χ1) is 18.4. The summed E-state index contributed by atoms with van der Waals surface area (Å²) in [5.74, 6) is 0. The van der Waals surface area contributed by atoms with E-state index in [2.05, 4.69) is 107 Å². The van der Waals surface area contributed by atoms with Gasteiger partial charge in [-0.3, -0.25) is 0 Å². The van der Waals surface area contributed by atoms with Gasteiger partial charge in [0.2, 0.25) is 0 Å². The number of hydrogen-bond donors (Lipinski definition) is 0. The number of aliphatic imine (C=N–C) groups is 1. The molecule has 1 saturated carbocycles. The average Bonchev–Trinajstić information content (AvgIpc) is 3.30. The van der Waals surface area contributed by atoms with Crippen molar-refractivity contribution in [2.24, 2.45) is 10.4 Å². The first kappa shape index (κ1) is 32.3. The standard InChI is InChI=1S/C21H27N2.C12H21N.2ClH.Ru/c1-14-9-16(3)20(17(4)10-14)22-7-8-23(13-22)21-18(5)11-15(2)12-19(21)6;1-4-12(2,3)10-13-11-8-6-5-7-9-11;;;/h9-13H,7-8H2,1-6H3;1,10-11H,4-9H2,2-3H3;2*1H;/q-1;;;;+2/p-2. The van der Waals surface area contributed by atoms with Gasteiger partial charge in [-0.2, -0.15) is 6.67 Å². The van der Waals surface area contributed by atoms with Crippen LogP contribution in [-0.4, -0.2) is 30.0 Å². The molecule has 0 N–H and O–H groups in total. The number of benzene rings is 2. The van der Waals surface area contributed by atoms with E-state index in [1.807, 2.05) is 0 Å². The zero-order valence-electron chi connectivity index (χ0n) is 25.2. The van der Waals surface area contributed by atoms with Crippen LogP contribution >= 0.6 is 19.4 Å². The maximum Gasteiger partial charge on any atom is 0.0146 e. The van der Waals surface area contributed by atoms with Crippen molar-refractivity contribution in [3.05, 3.63) is 64.3 Å². The second-order valence-electron chi connectivity index (χ2n) is 12.1. The Hall–Kier alpha value is -1.22. The predicted molar refractivity (Wildman–Crippen MR) is 172 cm³/mol. The third-order valence-corrected chi connectivity index (χ3v) is 9.80. The second kappa shape index (κ2) is 14.6. The third-order valence-electron chi connectivity index (χ3n) is 7.62. The molecule has 2 fully saturated rings. The van der Waals surface area contributed by atoms with Gasteiger partial charge in [-0.1, -0.05) is 35.4 Å². The van der Waals surface area contributed by atoms with Gasteiger partial charge in [0.05, 0.1) is 0 Å². The summed E-state index contributed by atoms with van der Waals surface area (Å²) in [4.78, 5) is 9.53. The zero-order valence-corrected chi connectivity index (χ0v) is 28.5. The van der Waals surface area contributed by atoms with Crippen molar-refractivity contribution in [2.75, 3.05) is 22.9 Å². The Morgan fingerprint density at radius 3 is 1.67 bits per heavy atom. The van der Waals surface area contributed by atoms with E-state index >= 15 is 0 Å². The van der Waals surface area contributed by atoms with E-state index in [9.17, 15) is 0 Å². The maximum atomic E-state index is 5.84. The SMILES string of the molecule is CC(C)(C=NC1CCCCC1)C[CH]=[Ru]([Cl])[Cl].Cc1cc(C)c(N2[CH-]N(c3c(C)cc(C)cc3C)CC2)c(C)c1. The number of halogens is 2. The fourth-order valence-corrected chi connectivity index (χ4v) is 7.75. The van der Waals surface area contributed by atoms with E-state index in [1.165, 1.54) is 76.9 Å². The van der Waals surface area contributed by atoms with Crippen molar-refractivity contribution in [3.63, 3.8) is 0 Å². The Morgan fingerprint density at radius 2 is 1.26 bits per heavy atom. The Kier molecular flexibility index (Phi) is 12.1. The third kappa shape index (κ3) is 9.69. The Bertz CT molecular complexity index is 1070. The van der Waals surface area contributed by atoms with Crippen LogP contribution in [0.4, 0.5) is 11.4 Å². The second-order valence-corrected chi connectivity index (χ2v) is 18.0. The van der Waals surface area contributed by atoms with Gasteiger partial charge >= 0.3 is 113 Å². The number of nitrogens with zero attached hydrogens (tertiary/aromatic N) is 3. The van der Waals surface area contributed by atoms with Crippen molar-refractivity contribution in [2.45, 2.75) is 100.0 Å². The molecule has 2 aromatic rings. The quantitative estimate of drug-likeness (QED) is 0.175. The largest absolute Gasteiger partial charge is 0.502 e. The molecule has 0 bridgehead atoms. The van der Waals surface area contributed by atoms with E-state index in [-0.39, 0.29) is 5.41 Å². The van der Waals surface area contributed by atoms with E-state index in [0.717, 1.165) is 19.5 Å². The van der Waals surface area contributed by atoms with E-state index in [0.29, 0.717) is 6.04 Å². The van der Waals surface area contributed by atoms with Crippen LogP contribution in [0.2, 0.25) is 0 Å². The molecule has 0 amide bonds. The van der Waals surface area contributed by atoms with E-state index in [4.69, 9.17) is 24.4 Å². The molecule has 3 nitrogen and oxygen atoms in total. The molecule has 0 radical (unpaired) electrons. The summed E-state index contributed by atoms with van der Waals surface area (Å²) >= 11 is -1.61. The van der Waals surface area contributed by atoms with Crippen LogP contribution in [0.3, 0.4) is 0 Å². The van der Waals surface area contributed by atoms with Crippen LogP contribution in [-0.2, 0) is 13.5 Å². The molecule has 218 valence electrons. The fourth-order valence-electron chi connectivity index (χ4n) is 5.92. The zero-order chi connectivity index (χ0) is 28.7. The molecule has 2 aromatic carbocycles. The number of anilines is 2. The Balaban J connectivity index is 0.000000231. The molecule has 0 aromatic heterocycles. The minimum Gasteiger partial charge on any atom is -0.502 e. The van der Waals surface area contributed by atoms with Gasteiger partial charge < -0.3 is 9.80 Å². The van der Waals surface area contributed by atoms with Gasteiger partial charge in [-0.15, -0.1) is 0 Å². The molecule has 0 spiro atoms. The van der Waals surface area contributed by atoms with Crippen molar-refractivity contribution in [1.29, 1.82) is 0 Å². The summed E-state index contributed by atoms with van der Waals surface area (Å²) in [6.07, 6.45) is 9.65. The topological polar surface area (TPSA) is 18.8 Å². The van der Waals surface area contributed by atoms with E-state index in [1.54, 1.807) is 0 Å². The van der Waals surface area contributed by atoms with Crippen LogP contribution in [0.25, 0.3) is 0 Å². The number of hydrogen-bond acceptors (Lipinski definition) is 3. The van der Waals surface area contributed by atoms with Crippen LogP contribution in [0.5, 0.6) is 0 Å². The van der Waals surface area contributed by atoms with Crippen LogP contribution in [0.15, 0.2) is 29.3 Å². The molecular weight excluding hydrogens is 610 g/mol. The molecule has 2 aliphatic rings. The molecule has 0 atom stereocenters. The molecule has 1 aliphatic heterocycles. The van der Waals surface area contributed by atoms with Gasteiger partial charge in [0, 0.05) is 24.5 Å². The molecule has 0 unspecified atom stereocenters. The summed E-state index contributed by atoms with van der Waals surface area (Å²) < 4.78 is 2.07. The first-order valence-corrected chi connectivity index (χ1v) is 19.7. The van der Waals surface area contributed by atoms with Gasteiger partial charge in [-0.25, -0.2) is 0 Å². The molecule has 6 heteroatoms. The summed E-state index contributed by atoms with van der Waals surface area (Å²) in [5, 5.41) is 0. The molecule has 1 aliphatic carbocycles. The van der Waals surface area contributed by atoms with Crippen LogP contribution < -0.4 is 9.80 Å². The normalized spacial score (nSPS) is 16.9. The molecule has 4 rings (SSSR count). The monoisotopic (exact) mass is 658 g/mol. The Labute approximate surface area is 251 Å². The number of aryl methyl sites for hydroxylation is 6. The van der Waals surface area contributed by atoms with Crippen LogP contribution in [0, 0.1) is 53.6 Å². The Morgan fingerprint density at radius 1 is 0.821 bits per heavy atom. The van der Waals surface area contributed by atoms with Crippen molar-refractivity contribution < 1.29 is 13.5 Å². The molecule has 1 heterocycles. The minimum atomic E-state index is -1.61. The summed E-state index contributed by atoms with van der Waals surface area (Å²) in [6, 6.07) is 9.68. The fraction of sp³-hybridized carbons (Fsp3) is 0.545. The van der Waals surface area contributed by atoms with Crippen molar-refractivity contribution in [3.8, 4) is 0 Å². The summed E-state index contributed by atoms with van der Waals surface area (Å²) in [6.45, 7) is 22.0. The van der Waals surface area contributed by atoms with Gasteiger partial charge in [0.25, 0.3) is 0 Å².